The Labute approximate surface area is 128 Å². The lowest BCUT2D eigenvalue weighted by atomic mass is 9.83. The molecule has 0 aromatic heterocycles. The Kier molecular flexibility index (Phi) is 4.83. The molecule has 1 aliphatic rings. The first-order chi connectivity index (χ1) is 9.41. The van der Waals surface area contributed by atoms with Gasteiger partial charge < -0.3 is 15.7 Å². The smallest absolute Gasteiger partial charge is 0.230 e. The lowest BCUT2D eigenvalue weighted by molar-refractivity contribution is -0.125. The maximum atomic E-state index is 12.4. The molecule has 3 N–H and O–H groups in total. The number of aliphatic hydroxyl groups is 1. The number of benzene rings is 1. The Morgan fingerprint density at radius 1 is 1.40 bits per heavy atom. The number of nitrogens with one attached hydrogen (secondary N) is 2. The van der Waals surface area contributed by atoms with E-state index in [9.17, 15) is 9.90 Å². The SMILES string of the molecule is CC(C)(C(=O)NCC1CNCC1O)c1ccc(Br)cc1. The fourth-order valence-electron chi connectivity index (χ4n) is 2.37. The topological polar surface area (TPSA) is 61.4 Å². The van der Waals surface area contributed by atoms with Crippen LogP contribution in [0.2, 0.25) is 0 Å². The minimum Gasteiger partial charge on any atom is -0.391 e. The summed E-state index contributed by atoms with van der Waals surface area (Å²) in [5.41, 5.74) is 0.390. The number of hydrogen-bond acceptors (Lipinski definition) is 3. The van der Waals surface area contributed by atoms with Crippen molar-refractivity contribution in [2.75, 3.05) is 19.6 Å². The fourth-order valence-corrected chi connectivity index (χ4v) is 2.63. The molecule has 5 heteroatoms. The number of rotatable bonds is 4. The van der Waals surface area contributed by atoms with Gasteiger partial charge in [0, 0.05) is 30.0 Å². The Morgan fingerprint density at radius 2 is 2.05 bits per heavy atom. The summed E-state index contributed by atoms with van der Waals surface area (Å²) >= 11 is 3.40. The summed E-state index contributed by atoms with van der Waals surface area (Å²) in [5.74, 6) is 0.0820. The monoisotopic (exact) mass is 340 g/mol. The average Bonchev–Trinajstić information content (AvgIpc) is 2.82. The van der Waals surface area contributed by atoms with E-state index >= 15 is 0 Å². The molecule has 0 radical (unpaired) electrons. The van der Waals surface area contributed by atoms with E-state index in [1.165, 1.54) is 0 Å². The van der Waals surface area contributed by atoms with Crippen LogP contribution in [-0.4, -0.2) is 36.8 Å². The van der Waals surface area contributed by atoms with Gasteiger partial charge in [0.1, 0.15) is 0 Å². The first kappa shape index (κ1) is 15.5. The lowest BCUT2D eigenvalue weighted by Crippen LogP contribution is -2.43. The molecule has 1 aromatic rings. The largest absolute Gasteiger partial charge is 0.391 e. The van der Waals surface area contributed by atoms with Crippen LogP contribution in [0.4, 0.5) is 0 Å². The number of carbonyl (C=O) groups excluding carboxylic acids is 1. The van der Waals surface area contributed by atoms with E-state index in [4.69, 9.17) is 0 Å². The normalized spacial score (nSPS) is 22.8. The van der Waals surface area contributed by atoms with E-state index in [0.29, 0.717) is 13.1 Å². The standard InChI is InChI=1S/C15H21BrN2O2/c1-15(2,11-3-5-12(16)6-4-11)14(20)18-8-10-7-17-9-13(10)19/h3-6,10,13,17,19H,7-9H2,1-2H3,(H,18,20). The van der Waals surface area contributed by atoms with Gasteiger partial charge in [-0.05, 0) is 31.5 Å². The van der Waals surface area contributed by atoms with Crippen molar-refractivity contribution in [3.8, 4) is 0 Å². The highest BCUT2D eigenvalue weighted by Crippen LogP contribution is 2.25. The van der Waals surface area contributed by atoms with Gasteiger partial charge in [0.15, 0.2) is 0 Å². The van der Waals surface area contributed by atoms with Crippen LogP contribution in [0, 0.1) is 5.92 Å². The molecule has 1 fully saturated rings. The van der Waals surface area contributed by atoms with Gasteiger partial charge in [-0.3, -0.25) is 4.79 Å². The van der Waals surface area contributed by atoms with Gasteiger partial charge in [0.2, 0.25) is 5.91 Å². The lowest BCUT2D eigenvalue weighted by Gasteiger charge is -2.25. The molecule has 1 aliphatic heterocycles. The van der Waals surface area contributed by atoms with Crippen molar-refractivity contribution in [2.45, 2.75) is 25.4 Å². The zero-order valence-corrected chi connectivity index (χ0v) is 13.4. The van der Waals surface area contributed by atoms with Crippen LogP contribution in [0.3, 0.4) is 0 Å². The second-order valence-electron chi connectivity index (χ2n) is 5.83. The summed E-state index contributed by atoms with van der Waals surface area (Å²) in [7, 11) is 0. The maximum absolute atomic E-state index is 12.4. The second-order valence-corrected chi connectivity index (χ2v) is 6.74. The van der Waals surface area contributed by atoms with Gasteiger partial charge in [0.05, 0.1) is 11.5 Å². The number of β-amino-alcohol motifs (C(OH)–C–C–N with tert-alkyl or cyclic N) is 1. The number of amides is 1. The molecular formula is C15H21BrN2O2. The number of aliphatic hydroxyl groups excluding tert-OH is 1. The molecule has 2 unspecified atom stereocenters. The summed E-state index contributed by atoms with van der Waals surface area (Å²) in [4.78, 5) is 12.4. The molecule has 0 aliphatic carbocycles. The summed E-state index contributed by atoms with van der Waals surface area (Å²) in [6.07, 6.45) is -0.369. The molecule has 0 saturated carbocycles. The van der Waals surface area contributed by atoms with Gasteiger partial charge in [-0.2, -0.15) is 0 Å². The molecule has 2 atom stereocenters. The van der Waals surface area contributed by atoms with Gasteiger partial charge in [0.25, 0.3) is 0 Å². The Morgan fingerprint density at radius 3 is 2.60 bits per heavy atom. The van der Waals surface area contributed by atoms with Crippen molar-refractivity contribution in [1.29, 1.82) is 0 Å². The van der Waals surface area contributed by atoms with Crippen molar-refractivity contribution in [2.24, 2.45) is 5.92 Å². The molecule has 4 nitrogen and oxygen atoms in total. The van der Waals surface area contributed by atoms with Crippen molar-refractivity contribution in [3.05, 3.63) is 34.3 Å². The quantitative estimate of drug-likeness (QED) is 0.776. The van der Waals surface area contributed by atoms with Crippen LogP contribution in [0.25, 0.3) is 0 Å². The van der Waals surface area contributed by atoms with E-state index in [0.717, 1.165) is 16.6 Å². The Hall–Kier alpha value is -0.910. The summed E-state index contributed by atoms with van der Waals surface area (Å²) < 4.78 is 0.998. The molecule has 0 spiro atoms. The second kappa shape index (κ2) is 6.24. The van der Waals surface area contributed by atoms with Crippen LogP contribution in [0.5, 0.6) is 0 Å². The van der Waals surface area contributed by atoms with Gasteiger partial charge in [-0.15, -0.1) is 0 Å². The minimum atomic E-state index is -0.586. The first-order valence-corrected chi connectivity index (χ1v) is 7.63. The third-order valence-electron chi connectivity index (χ3n) is 3.96. The Bertz CT molecular complexity index is 473. The molecule has 1 saturated heterocycles. The highest BCUT2D eigenvalue weighted by atomic mass is 79.9. The summed E-state index contributed by atoms with van der Waals surface area (Å²) in [6, 6.07) is 7.79. The van der Waals surface area contributed by atoms with Gasteiger partial charge >= 0.3 is 0 Å². The van der Waals surface area contributed by atoms with E-state index in [2.05, 4.69) is 26.6 Å². The fraction of sp³-hybridized carbons (Fsp3) is 0.533. The molecular weight excluding hydrogens is 320 g/mol. The third kappa shape index (κ3) is 3.40. The maximum Gasteiger partial charge on any atom is 0.230 e. The van der Waals surface area contributed by atoms with Crippen LogP contribution in [0.1, 0.15) is 19.4 Å². The van der Waals surface area contributed by atoms with Crippen LogP contribution in [-0.2, 0) is 10.2 Å². The number of halogens is 1. The molecule has 110 valence electrons. The van der Waals surface area contributed by atoms with E-state index in [1.807, 2.05) is 38.1 Å². The van der Waals surface area contributed by atoms with Gasteiger partial charge in [-0.1, -0.05) is 28.1 Å². The number of carbonyl (C=O) groups is 1. The van der Waals surface area contributed by atoms with E-state index in [1.54, 1.807) is 0 Å². The van der Waals surface area contributed by atoms with E-state index in [-0.39, 0.29) is 17.9 Å². The zero-order valence-electron chi connectivity index (χ0n) is 11.8. The molecule has 1 amide bonds. The highest BCUT2D eigenvalue weighted by molar-refractivity contribution is 9.10. The van der Waals surface area contributed by atoms with Crippen LogP contribution < -0.4 is 10.6 Å². The molecule has 1 heterocycles. The summed E-state index contributed by atoms with van der Waals surface area (Å²) in [5, 5.41) is 15.8. The van der Waals surface area contributed by atoms with Crippen molar-refractivity contribution in [3.63, 3.8) is 0 Å². The highest BCUT2D eigenvalue weighted by Gasteiger charge is 2.31. The van der Waals surface area contributed by atoms with E-state index < -0.39 is 5.41 Å². The molecule has 20 heavy (non-hydrogen) atoms. The average molecular weight is 341 g/mol. The zero-order chi connectivity index (χ0) is 14.8. The van der Waals surface area contributed by atoms with Crippen LogP contribution in [0.15, 0.2) is 28.7 Å². The molecule has 1 aromatic carbocycles. The minimum absolute atomic E-state index is 0.0149. The van der Waals surface area contributed by atoms with Crippen LogP contribution >= 0.6 is 15.9 Å². The molecule has 0 bridgehead atoms. The van der Waals surface area contributed by atoms with Crippen molar-refractivity contribution >= 4 is 21.8 Å². The predicted octanol–water partition coefficient (Wildman–Crippen LogP) is 1.42. The number of hydrogen-bond donors (Lipinski definition) is 3. The summed E-state index contributed by atoms with van der Waals surface area (Å²) in [6.45, 7) is 5.69. The first-order valence-electron chi connectivity index (χ1n) is 6.84. The van der Waals surface area contributed by atoms with Crippen molar-refractivity contribution < 1.29 is 9.90 Å². The Balaban J connectivity index is 1.98. The third-order valence-corrected chi connectivity index (χ3v) is 4.49. The van der Waals surface area contributed by atoms with Gasteiger partial charge in [-0.25, -0.2) is 0 Å². The van der Waals surface area contributed by atoms with Crippen molar-refractivity contribution in [1.82, 2.24) is 10.6 Å². The molecule has 2 rings (SSSR count). The predicted molar refractivity (Wildman–Crippen MR) is 82.5 cm³/mol.